The van der Waals surface area contributed by atoms with Crippen LogP contribution in [0.4, 0.5) is 13.2 Å². The summed E-state index contributed by atoms with van der Waals surface area (Å²) in [6.07, 6.45) is -1.84. The van der Waals surface area contributed by atoms with Gasteiger partial charge in [0.1, 0.15) is 17.5 Å². The summed E-state index contributed by atoms with van der Waals surface area (Å²) in [6, 6.07) is 4.69. The number of hydrogen-bond acceptors (Lipinski definition) is 5. The highest BCUT2D eigenvalue weighted by atomic mass is 19.4. The van der Waals surface area contributed by atoms with E-state index in [2.05, 4.69) is 15.2 Å². The van der Waals surface area contributed by atoms with E-state index in [0.29, 0.717) is 11.5 Å². The maximum atomic E-state index is 13.0. The monoisotopic (exact) mass is 389 g/mol. The molecule has 0 spiro atoms. The van der Waals surface area contributed by atoms with Crippen LogP contribution in [0.15, 0.2) is 46.1 Å². The summed E-state index contributed by atoms with van der Waals surface area (Å²) in [6.45, 7) is 3.74. The van der Waals surface area contributed by atoms with Crippen molar-refractivity contribution in [1.82, 2.24) is 24.5 Å². The number of benzene rings is 1. The number of rotatable bonds is 3. The zero-order valence-electron chi connectivity index (χ0n) is 14.9. The molecule has 28 heavy (non-hydrogen) atoms. The van der Waals surface area contributed by atoms with Gasteiger partial charge in [0.05, 0.1) is 29.7 Å². The molecule has 4 aromatic rings. The number of aromatic nitrogens is 5. The number of halogens is 3. The second-order valence-corrected chi connectivity index (χ2v) is 6.32. The van der Waals surface area contributed by atoms with E-state index >= 15 is 0 Å². The van der Waals surface area contributed by atoms with Crippen LogP contribution < -0.4 is 5.56 Å². The Morgan fingerprint density at radius 1 is 1.21 bits per heavy atom. The molecule has 4 rings (SSSR count). The van der Waals surface area contributed by atoms with Crippen molar-refractivity contribution in [3.63, 3.8) is 0 Å². The lowest BCUT2D eigenvalue weighted by atomic mass is 10.2. The minimum absolute atomic E-state index is 0.167. The minimum Gasteiger partial charge on any atom is -0.361 e. The van der Waals surface area contributed by atoms with Gasteiger partial charge in [0, 0.05) is 5.56 Å². The molecule has 0 unspecified atom stereocenters. The van der Waals surface area contributed by atoms with Crippen LogP contribution in [0.2, 0.25) is 0 Å². The van der Waals surface area contributed by atoms with Gasteiger partial charge in [0.2, 0.25) is 0 Å². The number of alkyl halides is 3. The van der Waals surface area contributed by atoms with Gasteiger partial charge >= 0.3 is 6.18 Å². The first-order valence-corrected chi connectivity index (χ1v) is 8.28. The van der Waals surface area contributed by atoms with Gasteiger partial charge in [-0.15, -0.1) is 0 Å². The van der Waals surface area contributed by atoms with Gasteiger partial charge < -0.3 is 4.52 Å². The van der Waals surface area contributed by atoms with Crippen LogP contribution in [0.3, 0.4) is 0 Å². The Morgan fingerprint density at radius 2 is 2.00 bits per heavy atom. The highest BCUT2D eigenvalue weighted by Gasteiger charge is 2.30. The van der Waals surface area contributed by atoms with Crippen molar-refractivity contribution in [3.8, 4) is 5.69 Å². The second-order valence-electron chi connectivity index (χ2n) is 6.32. The smallest absolute Gasteiger partial charge is 0.361 e. The second kappa shape index (κ2) is 6.32. The van der Waals surface area contributed by atoms with E-state index in [1.807, 2.05) is 0 Å². The van der Waals surface area contributed by atoms with Crippen LogP contribution in [-0.2, 0) is 12.7 Å². The average molecular weight is 389 g/mol. The predicted octanol–water partition coefficient (Wildman–Crippen LogP) is 3.25. The van der Waals surface area contributed by atoms with E-state index in [9.17, 15) is 18.0 Å². The van der Waals surface area contributed by atoms with E-state index in [4.69, 9.17) is 4.52 Å². The quantitative estimate of drug-likeness (QED) is 0.537. The Hall–Kier alpha value is -3.43. The lowest BCUT2D eigenvalue weighted by Gasteiger charge is -2.09. The van der Waals surface area contributed by atoms with Crippen LogP contribution in [0.25, 0.3) is 16.7 Å². The summed E-state index contributed by atoms with van der Waals surface area (Å²) in [5, 5.41) is 8.12. The summed E-state index contributed by atoms with van der Waals surface area (Å²) in [7, 11) is 0. The molecule has 0 saturated carbocycles. The Bertz CT molecular complexity index is 1220. The number of hydrogen-bond donors (Lipinski definition) is 0. The molecule has 0 amide bonds. The van der Waals surface area contributed by atoms with Gasteiger partial charge in [-0.05, 0) is 32.0 Å². The number of aryl methyl sites for hydroxylation is 2. The maximum absolute atomic E-state index is 13.0. The van der Waals surface area contributed by atoms with Crippen molar-refractivity contribution in [3.05, 3.63) is 69.7 Å². The van der Waals surface area contributed by atoms with E-state index in [1.54, 1.807) is 13.8 Å². The van der Waals surface area contributed by atoms with Crippen molar-refractivity contribution in [2.24, 2.45) is 0 Å². The van der Waals surface area contributed by atoms with Gasteiger partial charge in [0.15, 0.2) is 5.65 Å². The molecule has 0 atom stereocenters. The molecule has 0 bridgehead atoms. The highest BCUT2D eigenvalue weighted by molar-refractivity contribution is 5.75. The van der Waals surface area contributed by atoms with Crippen LogP contribution in [-0.4, -0.2) is 24.5 Å². The maximum Gasteiger partial charge on any atom is 0.416 e. The molecule has 0 saturated heterocycles. The molecule has 0 aliphatic heterocycles. The largest absolute Gasteiger partial charge is 0.416 e. The summed E-state index contributed by atoms with van der Waals surface area (Å²) < 4.78 is 46.6. The molecule has 0 aliphatic rings. The fraction of sp³-hybridized carbons (Fsp3) is 0.222. The Morgan fingerprint density at radius 3 is 2.68 bits per heavy atom. The van der Waals surface area contributed by atoms with Crippen molar-refractivity contribution in [1.29, 1.82) is 0 Å². The number of nitrogens with zero attached hydrogens (tertiary/aromatic N) is 5. The predicted molar refractivity (Wildman–Crippen MR) is 93.2 cm³/mol. The first-order valence-electron chi connectivity index (χ1n) is 8.28. The zero-order chi connectivity index (χ0) is 20.1. The van der Waals surface area contributed by atoms with E-state index < -0.39 is 11.7 Å². The SMILES string of the molecule is Cc1noc(C)c1Cn1cnc2c(cnn2-c2cccc(C(F)(F)F)c2)c1=O. The molecule has 0 N–H and O–H groups in total. The number of fused-ring (bicyclic) bond motifs is 1. The first-order chi connectivity index (χ1) is 13.3. The lowest BCUT2D eigenvalue weighted by Crippen LogP contribution is -2.21. The third-order valence-corrected chi connectivity index (χ3v) is 4.48. The van der Waals surface area contributed by atoms with Crippen molar-refractivity contribution < 1.29 is 17.7 Å². The summed E-state index contributed by atoms with van der Waals surface area (Å²) in [5.41, 5.74) is 0.626. The minimum atomic E-state index is -4.48. The van der Waals surface area contributed by atoms with Gasteiger partial charge in [-0.3, -0.25) is 9.36 Å². The normalized spacial score (nSPS) is 12.0. The van der Waals surface area contributed by atoms with Crippen molar-refractivity contribution in [2.75, 3.05) is 0 Å². The average Bonchev–Trinajstić information content (AvgIpc) is 3.22. The molecule has 0 aliphatic carbocycles. The van der Waals surface area contributed by atoms with E-state index in [0.717, 1.165) is 17.7 Å². The fourth-order valence-electron chi connectivity index (χ4n) is 2.96. The molecule has 10 heteroatoms. The van der Waals surface area contributed by atoms with Gasteiger partial charge in [-0.25, -0.2) is 9.67 Å². The topological polar surface area (TPSA) is 78.7 Å². The molecule has 0 fully saturated rings. The van der Waals surface area contributed by atoms with Crippen LogP contribution in [0.5, 0.6) is 0 Å². The molecule has 3 aromatic heterocycles. The molecule has 3 heterocycles. The zero-order valence-corrected chi connectivity index (χ0v) is 14.9. The third kappa shape index (κ3) is 2.96. The molecule has 0 radical (unpaired) electrons. The van der Waals surface area contributed by atoms with Crippen molar-refractivity contribution in [2.45, 2.75) is 26.6 Å². The van der Waals surface area contributed by atoms with Gasteiger partial charge in [-0.2, -0.15) is 18.3 Å². The Balaban J connectivity index is 1.79. The van der Waals surface area contributed by atoms with Crippen molar-refractivity contribution >= 4 is 11.0 Å². The van der Waals surface area contributed by atoms with E-state index in [-0.39, 0.29) is 28.8 Å². The van der Waals surface area contributed by atoms with E-state index in [1.165, 1.54) is 33.9 Å². The van der Waals surface area contributed by atoms with Gasteiger partial charge in [0.25, 0.3) is 5.56 Å². The summed E-state index contributed by atoms with van der Waals surface area (Å²) in [5.74, 6) is 0.601. The summed E-state index contributed by atoms with van der Waals surface area (Å²) in [4.78, 5) is 17.0. The fourth-order valence-corrected chi connectivity index (χ4v) is 2.96. The molecule has 1 aromatic carbocycles. The molecule has 7 nitrogen and oxygen atoms in total. The lowest BCUT2D eigenvalue weighted by molar-refractivity contribution is -0.137. The standard InChI is InChI=1S/C18H14F3N5O2/c1-10-15(11(2)28-24-10)8-25-9-22-16-14(17(25)27)7-23-26(16)13-5-3-4-12(6-13)18(19,20)21/h3-7,9H,8H2,1-2H3. The first kappa shape index (κ1) is 18.0. The van der Waals surface area contributed by atoms with Gasteiger partial charge in [-0.1, -0.05) is 11.2 Å². The van der Waals surface area contributed by atoms with Crippen LogP contribution in [0, 0.1) is 13.8 Å². The highest BCUT2D eigenvalue weighted by Crippen LogP contribution is 2.30. The summed E-state index contributed by atoms with van der Waals surface area (Å²) >= 11 is 0. The van der Waals surface area contributed by atoms with Crippen LogP contribution >= 0.6 is 0 Å². The molecular weight excluding hydrogens is 375 g/mol. The van der Waals surface area contributed by atoms with Crippen LogP contribution in [0.1, 0.15) is 22.6 Å². The molecule has 144 valence electrons. The Labute approximate surface area is 156 Å². The Kier molecular flexibility index (Phi) is 4.06. The molecular formula is C18H14F3N5O2. The third-order valence-electron chi connectivity index (χ3n) is 4.48.